The molecule has 0 aromatic carbocycles. The molecule has 25 heavy (non-hydrogen) atoms. The molecule has 5 nitrogen and oxygen atoms in total. The summed E-state index contributed by atoms with van der Waals surface area (Å²) in [5.41, 5.74) is 5.21. The molecule has 1 amide bonds. The van der Waals surface area contributed by atoms with E-state index in [-0.39, 0.29) is 5.92 Å². The number of piperidine rings is 1. The van der Waals surface area contributed by atoms with Crippen molar-refractivity contribution in [3.63, 3.8) is 0 Å². The van der Waals surface area contributed by atoms with Crippen molar-refractivity contribution >= 4 is 17.2 Å². The van der Waals surface area contributed by atoms with E-state index in [4.69, 9.17) is 0 Å². The molecule has 0 unspecified atom stereocenters. The molecule has 0 N–H and O–H groups in total. The molecular weight excluding hydrogens is 332 g/mol. The molecule has 0 radical (unpaired) electrons. The fourth-order valence-corrected chi connectivity index (χ4v) is 4.49. The summed E-state index contributed by atoms with van der Waals surface area (Å²) in [6, 6.07) is 4.58. The molecule has 132 valence electrons. The lowest BCUT2D eigenvalue weighted by molar-refractivity contribution is -0.140. The summed E-state index contributed by atoms with van der Waals surface area (Å²) in [5.74, 6) is 0.424. The Labute approximate surface area is 152 Å². The molecule has 5 rings (SSSR count). The minimum absolute atomic E-state index is 0.118. The van der Waals surface area contributed by atoms with Crippen LogP contribution in [0.2, 0.25) is 0 Å². The summed E-state index contributed by atoms with van der Waals surface area (Å²) >= 11 is 1.59. The van der Waals surface area contributed by atoms with Crippen molar-refractivity contribution in [2.45, 2.75) is 45.3 Å². The first kappa shape index (κ1) is 16.7. The highest BCUT2D eigenvalue weighted by Crippen LogP contribution is 2.31. The maximum atomic E-state index is 12.9. The van der Waals surface area contributed by atoms with Crippen LogP contribution in [0.4, 0.5) is 0 Å². The third-order valence-corrected chi connectivity index (χ3v) is 6.00. The van der Waals surface area contributed by atoms with Gasteiger partial charge in [-0.05, 0) is 30.9 Å². The van der Waals surface area contributed by atoms with Crippen molar-refractivity contribution in [2.75, 3.05) is 13.1 Å². The van der Waals surface area contributed by atoms with Crippen molar-refractivity contribution in [1.82, 2.24) is 19.8 Å². The first-order chi connectivity index (χ1) is 12.2. The van der Waals surface area contributed by atoms with Gasteiger partial charge in [0, 0.05) is 37.3 Å². The standard InChI is InChI=1S/C19H24N4OS/c1-2-14-3-5-16(20-7-14)9-22-8-15-4-6-18(11-22)23(19(15)24)10-17-12-25-13-21-17/h3,5,7,12-13,15,18H,2,4,6,8-11H2,1H3/t15-,18+/m1/s1. The molecule has 6 heteroatoms. The Hall–Kier alpha value is -1.79. The molecule has 2 bridgehead atoms. The number of hydrogen-bond donors (Lipinski definition) is 0. The van der Waals surface area contributed by atoms with Gasteiger partial charge in [0.25, 0.3) is 0 Å². The Morgan fingerprint density at radius 1 is 1.16 bits per heavy atom. The number of aromatic nitrogens is 2. The molecule has 3 aliphatic heterocycles. The van der Waals surface area contributed by atoms with E-state index in [0.29, 0.717) is 18.5 Å². The van der Waals surface area contributed by atoms with Gasteiger partial charge in [0.1, 0.15) is 0 Å². The van der Waals surface area contributed by atoms with Gasteiger partial charge in [-0.2, -0.15) is 0 Å². The van der Waals surface area contributed by atoms with E-state index < -0.39 is 0 Å². The number of hydrogen-bond acceptors (Lipinski definition) is 5. The fourth-order valence-electron chi connectivity index (χ4n) is 3.94. The zero-order valence-electron chi connectivity index (χ0n) is 14.6. The average molecular weight is 356 g/mol. The Morgan fingerprint density at radius 3 is 2.80 bits per heavy atom. The predicted molar refractivity (Wildman–Crippen MR) is 98.1 cm³/mol. The van der Waals surface area contributed by atoms with Crippen LogP contribution in [0.1, 0.15) is 36.7 Å². The van der Waals surface area contributed by atoms with Gasteiger partial charge in [0.15, 0.2) is 0 Å². The van der Waals surface area contributed by atoms with E-state index in [1.54, 1.807) is 11.3 Å². The topological polar surface area (TPSA) is 49.3 Å². The fraction of sp³-hybridized carbons (Fsp3) is 0.526. The van der Waals surface area contributed by atoms with Crippen LogP contribution in [0.3, 0.4) is 0 Å². The maximum Gasteiger partial charge on any atom is 0.227 e. The van der Waals surface area contributed by atoms with Gasteiger partial charge < -0.3 is 4.90 Å². The van der Waals surface area contributed by atoms with Gasteiger partial charge in [-0.1, -0.05) is 13.0 Å². The molecule has 3 fully saturated rings. The SMILES string of the molecule is CCc1ccc(CN2C[C@H]3CC[C@@H](C2)N(Cc2cscn2)C3=O)nc1. The third-order valence-electron chi connectivity index (χ3n) is 5.36. The van der Waals surface area contributed by atoms with E-state index in [2.05, 4.69) is 38.8 Å². The summed E-state index contributed by atoms with van der Waals surface area (Å²) in [4.78, 5) is 26.3. The largest absolute Gasteiger partial charge is 0.332 e. The van der Waals surface area contributed by atoms with Gasteiger partial charge in [0.2, 0.25) is 5.91 Å². The second kappa shape index (κ2) is 7.22. The number of nitrogens with zero attached hydrogens (tertiary/aromatic N) is 4. The first-order valence-electron chi connectivity index (χ1n) is 9.06. The minimum Gasteiger partial charge on any atom is -0.332 e. The van der Waals surface area contributed by atoms with Crippen LogP contribution in [-0.2, 0) is 24.3 Å². The highest BCUT2D eigenvalue weighted by molar-refractivity contribution is 7.07. The first-order valence-corrected chi connectivity index (χ1v) is 10.0. The zero-order chi connectivity index (χ0) is 17.2. The number of rotatable bonds is 5. The monoisotopic (exact) mass is 356 g/mol. The maximum absolute atomic E-state index is 12.9. The summed E-state index contributed by atoms with van der Waals surface area (Å²) < 4.78 is 0. The molecule has 0 spiro atoms. The predicted octanol–water partition coefficient (Wildman–Crippen LogP) is 2.72. The smallest absolute Gasteiger partial charge is 0.227 e. The number of carbonyl (C=O) groups is 1. The zero-order valence-corrected chi connectivity index (χ0v) is 15.4. The lowest BCUT2D eigenvalue weighted by Crippen LogP contribution is -2.47. The van der Waals surface area contributed by atoms with Crippen LogP contribution in [0, 0.1) is 5.92 Å². The number of aryl methyl sites for hydroxylation is 1. The van der Waals surface area contributed by atoms with Crippen molar-refractivity contribution in [3.8, 4) is 0 Å². The molecule has 0 saturated carbocycles. The molecule has 2 atom stereocenters. The van der Waals surface area contributed by atoms with Crippen molar-refractivity contribution in [1.29, 1.82) is 0 Å². The Balaban J connectivity index is 1.47. The molecule has 5 heterocycles. The summed E-state index contributed by atoms with van der Waals surface area (Å²) in [6.45, 7) is 5.41. The van der Waals surface area contributed by atoms with Crippen LogP contribution in [0.25, 0.3) is 0 Å². The van der Waals surface area contributed by atoms with Crippen LogP contribution in [-0.4, -0.2) is 44.8 Å². The average Bonchev–Trinajstić information content (AvgIpc) is 3.01. The van der Waals surface area contributed by atoms with Crippen LogP contribution >= 0.6 is 11.3 Å². The van der Waals surface area contributed by atoms with E-state index in [9.17, 15) is 4.79 Å². The molecule has 0 aliphatic carbocycles. The summed E-state index contributed by atoms with van der Waals surface area (Å²) in [5, 5.41) is 2.04. The number of fused-ring (bicyclic) bond motifs is 4. The lowest BCUT2D eigenvalue weighted by atomic mass is 9.94. The van der Waals surface area contributed by atoms with Crippen LogP contribution in [0.15, 0.2) is 29.2 Å². The Bertz CT molecular complexity index is 716. The van der Waals surface area contributed by atoms with E-state index in [1.807, 2.05) is 17.1 Å². The van der Waals surface area contributed by atoms with E-state index >= 15 is 0 Å². The van der Waals surface area contributed by atoms with Crippen LogP contribution < -0.4 is 0 Å². The van der Waals surface area contributed by atoms with Crippen molar-refractivity contribution in [3.05, 3.63) is 46.2 Å². The number of thiazole rings is 1. The van der Waals surface area contributed by atoms with Crippen molar-refractivity contribution < 1.29 is 4.79 Å². The Morgan fingerprint density at radius 2 is 2.08 bits per heavy atom. The summed E-state index contributed by atoms with van der Waals surface area (Å²) in [7, 11) is 0. The second-order valence-corrected chi connectivity index (χ2v) is 7.80. The van der Waals surface area contributed by atoms with E-state index in [1.165, 1.54) is 5.56 Å². The second-order valence-electron chi connectivity index (χ2n) is 7.08. The van der Waals surface area contributed by atoms with E-state index in [0.717, 1.165) is 50.3 Å². The Kier molecular flexibility index (Phi) is 4.81. The van der Waals surface area contributed by atoms with Crippen LogP contribution in [0.5, 0.6) is 0 Å². The molecule has 3 aliphatic rings. The number of amides is 1. The summed E-state index contributed by atoms with van der Waals surface area (Å²) in [6.07, 6.45) is 5.09. The highest BCUT2D eigenvalue weighted by Gasteiger charge is 2.40. The van der Waals surface area contributed by atoms with Gasteiger partial charge in [-0.3, -0.25) is 14.7 Å². The molecule has 3 saturated heterocycles. The molecule has 2 aromatic rings. The highest BCUT2D eigenvalue weighted by atomic mass is 32.1. The minimum atomic E-state index is 0.118. The van der Waals surface area contributed by atoms with Gasteiger partial charge in [-0.15, -0.1) is 11.3 Å². The van der Waals surface area contributed by atoms with Gasteiger partial charge in [0.05, 0.1) is 29.4 Å². The van der Waals surface area contributed by atoms with Gasteiger partial charge in [-0.25, -0.2) is 4.98 Å². The normalized spacial score (nSPS) is 23.9. The van der Waals surface area contributed by atoms with Crippen molar-refractivity contribution in [2.24, 2.45) is 5.92 Å². The lowest BCUT2D eigenvalue weighted by Gasteiger charge is -2.35. The van der Waals surface area contributed by atoms with Gasteiger partial charge >= 0.3 is 0 Å². The number of pyridine rings is 1. The third kappa shape index (κ3) is 3.60. The molecular formula is C19H24N4OS. The number of carbonyl (C=O) groups excluding carboxylic acids is 1. The quantitative estimate of drug-likeness (QED) is 0.826. The molecule has 2 aromatic heterocycles.